The van der Waals surface area contributed by atoms with Gasteiger partial charge in [-0.3, -0.25) is 20.2 Å². The number of para-hydroxylation sites is 2. The molecule has 0 radical (unpaired) electrons. The van der Waals surface area contributed by atoms with Crippen molar-refractivity contribution in [3.8, 4) is 0 Å². The molecule has 0 fully saturated rings. The minimum Gasteiger partial charge on any atom is -0.422 e. The number of aliphatic imine (C=N–C) groups is 1. The van der Waals surface area contributed by atoms with Gasteiger partial charge < -0.3 is 10.2 Å². The summed E-state index contributed by atoms with van der Waals surface area (Å²) in [5.41, 5.74) is 7.45. The van der Waals surface area contributed by atoms with Gasteiger partial charge in [0.05, 0.1) is 4.92 Å². The second kappa shape index (κ2) is 7.26. The third-order valence-corrected chi connectivity index (χ3v) is 3.28. The lowest BCUT2D eigenvalue weighted by molar-refractivity contribution is -0.384. The summed E-state index contributed by atoms with van der Waals surface area (Å²) in [6, 6.07) is 12.9. The maximum absolute atomic E-state index is 11.8. The summed E-state index contributed by atoms with van der Waals surface area (Å²) in [6.45, 7) is 0. The number of fused-ring (bicyclic) bond motifs is 1. The average molecular weight is 351 g/mol. The summed E-state index contributed by atoms with van der Waals surface area (Å²) in [6.07, 6.45) is 2.72. The number of aromatic nitrogens is 1. The first-order valence-corrected chi connectivity index (χ1v) is 7.44. The van der Waals surface area contributed by atoms with Gasteiger partial charge in [0.15, 0.2) is 5.58 Å². The third-order valence-electron chi connectivity index (χ3n) is 3.28. The van der Waals surface area contributed by atoms with Gasteiger partial charge in [0.25, 0.3) is 11.6 Å². The fraction of sp³-hybridized carbons (Fsp3) is 0. The number of benzene rings is 2. The molecular formula is C17H13N5O4. The number of rotatable bonds is 4. The van der Waals surface area contributed by atoms with Gasteiger partial charge in [-0.15, -0.1) is 0 Å². The van der Waals surface area contributed by atoms with E-state index in [2.05, 4.69) is 15.3 Å². The molecule has 0 aliphatic rings. The van der Waals surface area contributed by atoms with Crippen LogP contribution in [0.1, 0.15) is 5.56 Å². The molecule has 1 amide bonds. The first kappa shape index (κ1) is 16.8. The molecule has 0 unspecified atom stereocenters. The first-order chi connectivity index (χ1) is 12.5. The van der Waals surface area contributed by atoms with E-state index >= 15 is 0 Å². The smallest absolute Gasteiger partial charge is 0.325 e. The normalized spacial score (nSPS) is 11.8. The van der Waals surface area contributed by atoms with E-state index in [0.29, 0.717) is 16.7 Å². The topological polar surface area (TPSA) is 137 Å². The van der Waals surface area contributed by atoms with Crippen molar-refractivity contribution in [3.05, 3.63) is 70.3 Å². The quantitative estimate of drug-likeness (QED) is 0.244. The van der Waals surface area contributed by atoms with Crippen molar-refractivity contribution in [2.24, 2.45) is 10.7 Å². The van der Waals surface area contributed by atoms with Gasteiger partial charge >= 0.3 is 6.01 Å². The molecule has 0 atom stereocenters. The van der Waals surface area contributed by atoms with Crippen molar-refractivity contribution >= 4 is 40.7 Å². The SMILES string of the molecule is NC(=Nc1nc2ccccc2o1)NC(=O)C=Cc1ccc([N+](=O)[O-])cc1. The highest BCUT2D eigenvalue weighted by Crippen LogP contribution is 2.19. The second-order valence-corrected chi connectivity index (χ2v) is 5.13. The highest BCUT2D eigenvalue weighted by molar-refractivity contribution is 6.03. The summed E-state index contributed by atoms with van der Waals surface area (Å²) in [7, 11) is 0. The van der Waals surface area contributed by atoms with Gasteiger partial charge in [-0.05, 0) is 35.9 Å². The molecule has 3 aromatic rings. The van der Waals surface area contributed by atoms with Crippen molar-refractivity contribution in [3.63, 3.8) is 0 Å². The lowest BCUT2D eigenvalue weighted by Crippen LogP contribution is -2.35. The Hall–Kier alpha value is -4.01. The van der Waals surface area contributed by atoms with Gasteiger partial charge in [0.2, 0.25) is 5.96 Å². The van der Waals surface area contributed by atoms with E-state index in [9.17, 15) is 14.9 Å². The van der Waals surface area contributed by atoms with E-state index in [-0.39, 0.29) is 17.7 Å². The Morgan fingerprint density at radius 3 is 2.65 bits per heavy atom. The number of carbonyl (C=O) groups is 1. The van der Waals surface area contributed by atoms with Crippen LogP contribution in [-0.2, 0) is 4.79 Å². The summed E-state index contributed by atoms with van der Waals surface area (Å²) in [5.74, 6) is -0.685. The number of nitrogens with zero attached hydrogens (tertiary/aromatic N) is 3. The minimum absolute atomic E-state index is 0.0266. The molecule has 0 aliphatic heterocycles. The second-order valence-electron chi connectivity index (χ2n) is 5.13. The average Bonchev–Trinajstić information content (AvgIpc) is 3.02. The number of hydrogen-bond donors (Lipinski definition) is 2. The van der Waals surface area contributed by atoms with Crippen molar-refractivity contribution in [1.82, 2.24) is 10.3 Å². The number of nitro groups is 1. The number of guanidine groups is 1. The highest BCUT2D eigenvalue weighted by atomic mass is 16.6. The predicted molar refractivity (Wildman–Crippen MR) is 95.6 cm³/mol. The summed E-state index contributed by atoms with van der Waals surface area (Å²) >= 11 is 0. The molecule has 0 spiro atoms. The molecule has 130 valence electrons. The molecule has 2 aromatic carbocycles. The Kier molecular flexibility index (Phi) is 4.70. The summed E-state index contributed by atoms with van der Waals surface area (Å²) < 4.78 is 5.38. The van der Waals surface area contributed by atoms with Crippen LogP contribution < -0.4 is 11.1 Å². The number of nitrogens with one attached hydrogen (secondary N) is 1. The van der Waals surface area contributed by atoms with Crippen LogP contribution in [0.15, 0.2) is 64.0 Å². The fourth-order valence-corrected chi connectivity index (χ4v) is 2.09. The molecule has 9 heteroatoms. The van der Waals surface area contributed by atoms with Crippen molar-refractivity contribution in [2.75, 3.05) is 0 Å². The van der Waals surface area contributed by atoms with Crippen LogP contribution in [0.3, 0.4) is 0 Å². The van der Waals surface area contributed by atoms with Gasteiger partial charge in [0.1, 0.15) is 5.52 Å². The number of hydrogen-bond acceptors (Lipinski definition) is 6. The summed E-state index contributed by atoms with van der Waals surface area (Å²) in [4.78, 5) is 30.0. The molecule has 26 heavy (non-hydrogen) atoms. The zero-order valence-corrected chi connectivity index (χ0v) is 13.3. The van der Waals surface area contributed by atoms with Crippen LogP contribution in [0, 0.1) is 10.1 Å². The lowest BCUT2D eigenvalue weighted by Gasteiger charge is -1.99. The van der Waals surface area contributed by atoms with Crippen molar-refractivity contribution < 1.29 is 14.1 Å². The Bertz CT molecular complexity index is 988. The largest absolute Gasteiger partial charge is 0.422 e. The van der Waals surface area contributed by atoms with E-state index in [1.54, 1.807) is 18.2 Å². The highest BCUT2D eigenvalue weighted by Gasteiger charge is 2.06. The fourth-order valence-electron chi connectivity index (χ4n) is 2.09. The molecule has 0 bridgehead atoms. The molecule has 0 aliphatic carbocycles. The first-order valence-electron chi connectivity index (χ1n) is 7.44. The number of nitrogens with two attached hydrogens (primary N) is 1. The number of carbonyl (C=O) groups excluding carboxylic acids is 1. The van der Waals surface area contributed by atoms with Gasteiger partial charge in [-0.25, -0.2) is 0 Å². The Balaban J connectivity index is 1.63. The predicted octanol–water partition coefficient (Wildman–Crippen LogP) is 2.51. The van der Waals surface area contributed by atoms with Gasteiger partial charge in [-0.1, -0.05) is 12.1 Å². The summed E-state index contributed by atoms with van der Waals surface area (Å²) in [5, 5.41) is 13.0. The third kappa shape index (κ3) is 4.09. The van der Waals surface area contributed by atoms with E-state index in [4.69, 9.17) is 10.2 Å². The van der Waals surface area contributed by atoms with Gasteiger partial charge in [-0.2, -0.15) is 9.98 Å². The minimum atomic E-state index is -0.513. The monoisotopic (exact) mass is 351 g/mol. The lowest BCUT2D eigenvalue weighted by atomic mass is 10.2. The molecule has 0 saturated carbocycles. The number of nitro benzene ring substituents is 1. The number of non-ortho nitro benzene ring substituents is 1. The Morgan fingerprint density at radius 1 is 1.23 bits per heavy atom. The Labute approximate surface area is 147 Å². The molecule has 0 saturated heterocycles. The van der Waals surface area contributed by atoms with Crippen LogP contribution in [0.2, 0.25) is 0 Å². The zero-order valence-electron chi connectivity index (χ0n) is 13.3. The van der Waals surface area contributed by atoms with Crippen LogP contribution in [0.4, 0.5) is 11.7 Å². The van der Waals surface area contributed by atoms with Crippen LogP contribution in [0.5, 0.6) is 0 Å². The number of oxazole rings is 1. The maximum Gasteiger partial charge on any atom is 0.325 e. The van der Waals surface area contributed by atoms with E-state index < -0.39 is 10.8 Å². The van der Waals surface area contributed by atoms with E-state index in [0.717, 1.165) is 0 Å². The van der Waals surface area contributed by atoms with E-state index in [1.807, 2.05) is 6.07 Å². The maximum atomic E-state index is 11.8. The van der Waals surface area contributed by atoms with E-state index in [1.165, 1.54) is 36.4 Å². The van der Waals surface area contributed by atoms with Crippen LogP contribution in [-0.4, -0.2) is 21.8 Å². The molecular weight excluding hydrogens is 338 g/mol. The van der Waals surface area contributed by atoms with Crippen molar-refractivity contribution in [1.29, 1.82) is 0 Å². The van der Waals surface area contributed by atoms with Gasteiger partial charge in [0, 0.05) is 18.2 Å². The standard InChI is InChI=1S/C17H13N5O4/c18-16(21-17-19-13-3-1-2-4-14(13)26-17)20-15(23)10-7-11-5-8-12(9-6-11)22(24)25/h1-10H,(H3,18,19,20,21,23). The molecule has 1 aromatic heterocycles. The molecule has 1 heterocycles. The number of amides is 1. The van der Waals surface area contributed by atoms with Crippen molar-refractivity contribution in [2.45, 2.75) is 0 Å². The van der Waals surface area contributed by atoms with Crippen LogP contribution in [0.25, 0.3) is 17.2 Å². The molecule has 3 N–H and O–H groups in total. The molecule has 9 nitrogen and oxygen atoms in total. The Morgan fingerprint density at radius 2 is 1.96 bits per heavy atom. The zero-order chi connectivity index (χ0) is 18.5. The molecule has 3 rings (SSSR count). The van der Waals surface area contributed by atoms with Crippen LogP contribution >= 0.6 is 0 Å².